The van der Waals surface area contributed by atoms with Crippen molar-refractivity contribution in [3.05, 3.63) is 87.8 Å². The SMILES string of the molecule is O=c1c(Cl)c(N2CCO[C@@H](c3ccccc3)C2)cnn1-c1ccccc1. The molecule has 0 unspecified atom stereocenters. The first kappa shape index (κ1) is 16.8. The summed E-state index contributed by atoms with van der Waals surface area (Å²) < 4.78 is 7.21. The number of morpholine rings is 1. The molecule has 132 valence electrons. The highest BCUT2D eigenvalue weighted by Gasteiger charge is 2.25. The van der Waals surface area contributed by atoms with Crippen LogP contribution in [0, 0.1) is 0 Å². The van der Waals surface area contributed by atoms with Crippen LogP contribution in [-0.4, -0.2) is 29.5 Å². The zero-order valence-corrected chi connectivity index (χ0v) is 14.8. The fourth-order valence-corrected chi connectivity index (χ4v) is 3.38. The summed E-state index contributed by atoms with van der Waals surface area (Å²) in [4.78, 5) is 14.8. The van der Waals surface area contributed by atoms with E-state index in [0.29, 0.717) is 31.1 Å². The maximum atomic E-state index is 12.7. The Morgan fingerprint density at radius 1 is 1.04 bits per heavy atom. The quantitative estimate of drug-likeness (QED) is 0.711. The Morgan fingerprint density at radius 3 is 2.46 bits per heavy atom. The molecule has 1 fully saturated rings. The Hall–Kier alpha value is -2.63. The van der Waals surface area contributed by atoms with Crippen LogP contribution in [0.4, 0.5) is 5.69 Å². The van der Waals surface area contributed by atoms with Crippen LogP contribution < -0.4 is 10.5 Å². The minimum atomic E-state index is -0.321. The summed E-state index contributed by atoms with van der Waals surface area (Å²) in [5, 5.41) is 4.50. The summed E-state index contributed by atoms with van der Waals surface area (Å²) in [7, 11) is 0. The molecule has 4 rings (SSSR count). The van der Waals surface area contributed by atoms with E-state index in [-0.39, 0.29) is 16.7 Å². The van der Waals surface area contributed by atoms with Crippen molar-refractivity contribution in [1.29, 1.82) is 0 Å². The van der Waals surface area contributed by atoms with E-state index in [1.54, 1.807) is 6.20 Å². The summed E-state index contributed by atoms with van der Waals surface area (Å²) >= 11 is 6.42. The highest BCUT2D eigenvalue weighted by molar-refractivity contribution is 6.33. The molecule has 26 heavy (non-hydrogen) atoms. The number of rotatable bonds is 3. The van der Waals surface area contributed by atoms with Crippen molar-refractivity contribution in [2.24, 2.45) is 0 Å². The smallest absolute Gasteiger partial charge is 0.292 e. The van der Waals surface area contributed by atoms with Crippen LogP contribution in [0.15, 0.2) is 71.7 Å². The largest absolute Gasteiger partial charge is 0.370 e. The minimum Gasteiger partial charge on any atom is -0.370 e. The maximum absolute atomic E-state index is 12.7. The standard InChI is InChI=1S/C20H18ClN3O2/c21-19-17(13-22-24(20(19)25)16-9-5-2-6-10-16)23-11-12-26-18(14-23)15-7-3-1-4-8-15/h1-10,13,18H,11-12,14H2/t18-/m1/s1. The predicted molar refractivity (Wildman–Crippen MR) is 102 cm³/mol. The van der Waals surface area contributed by atoms with Gasteiger partial charge in [-0.05, 0) is 17.7 Å². The fourth-order valence-electron chi connectivity index (χ4n) is 3.14. The van der Waals surface area contributed by atoms with Crippen molar-refractivity contribution < 1.29 is 4.74 Å². The molecule has 1 saturated heterocycles. The van der Waals surface area contributed by atoms with E-state index in [0.717, 1.165) is 5.56 Å². The van der Waals surface area contributed by atoms with Crippen molar-refractivity contribution >= 4 is 17.3 Å². The van der Waals surface area contributed by atoms with Gasteiger partial charge in [0.05, 0.1) is 24.2 Å². The van der Waals surface area contributed by atoms with Gasteiger partial charge in [-0.25, -0.2) is 0 Å². The molecular formula is C20H18ClN3O2. The van der Waals surface area contributed by atoms with Gasteiger partial charge >= 0.3 is 0 Å². The number of aromatic nitrogens is 2. The minimum absolute atomic E-state index is 0.0578. The van der Waals surface area contributed by atoms with Gasteiger partial charge in [-0.2, -0.15) is 9.78 Å². The zero-order valence-electron chi connectivity index (χ0n) is 14.1. The number of ether oxygens (including phenoxy) is 1. The average Bonchev–Trinajstić information content (AvgIpc) is 2.71. The molecule has 0 bridgehead atoms. The highest BCUT2D eigenvalue weighted by atomic mass is 35.5. The monoisotopic (exact) mass is 367 g/mol. The van der Waals surface area contributed by atoms with Crippen LogP contribution >= 0.6 is 11.6 Å². The van der Waals surface area contributed by atoms with Gasteiger partial charge in [-0.1, -0.05) is 60.1 Å². The molecule has 1 aliphatic rings. The van der Waals surface area contributed by atoms with Gasteiger partial charge in [-0.15, -0.1) is 0 Å². The molecule has 2 aromatic carbocycles. The number of hydrogen-bond acceptors (Lipinski definition) is 4. The first-order valence-corrected chi connectivity index (χ1v) is 8.86. The van der Waals surface area contributed by atoms with Crippen LogP contribution in [-0.2, 0) is 4.74 Å². The molecule has 1 atom stereocenters. The van der Waals surface area contributed by atoms with Crippen molar-refractivity contribution in [3.63, 3.8) is 0 Å². The molecule has 0 spiro atoms. The van der Waals surface area contributed by atoms with Crippen molar-refractivity contribution in [1.82, 2.24) is 9.78 Å². The van der Waals surface area contributed by atoms with E-state index in [4.69, 9.17) is 16.3 Å². The number of benzene rings is 2. The first-order chi connectivity index (χ1) is 12.7. The van der Waals surface area contributed by atoms with Gasteiger partial charge < -0.3 is 9.64 Å². The van der Waals surface area contributed by atoms with E-state index >= 15 is 0 Å². The lowest BCUT2D eigenvalue weighted by molar-refractivity contribution is 0.0397. The fraction of sp³-hybridized carbons (Fsp3) is 0.200. The van der Waals surface area contributed by atoms with Crippen LogP contribution in [0.25, 0.3) is 5.69 Å². The zero-order chi connectivity index (χ0) is 17.9. The molecule has 1 aromatic heterocycles. The van der Waals surface area contributed by atoms with Gasteiger partial charge in [-0.3, -0.25) is 4.79 Å². The van der Waals surface area contributed by atoms with Crippen molar-refractivity contribution in [2.75, 3.05) is 24.6 Å². The molecule has 2 heterocycles. The molecule has 0 aliphatic carbocycles. The Kier molecular flexibility index (Phi) is 4.73. The third kappa shape index (κ3) is 3.23. The number of halogens is 1. The summed E-state index contributed by atoms with van der Waals surface area (Å²) in [5.41, 5.74) is 2.13. The Balaban J connectivity index is 1.64. The molecule has 6 heteroatoms. The molecular weight excluding hydrogens is 350 g/mol. The van der Waals surface area contributed by atoms with Gasteiger partial charge in [0.2, 0.25) is 0 Å². The predicted octanol–water partition coefficient (Wildman–Crippen LogP) is 3.46. The summed E-state index contributed by atoms with van der Waals surface area (Å²) in [6, 6.07) is 19.3. The molecule has 0 saturated carbocycles. The topological polar surface area (TPSA) is 47.4 Å². The first-order valence-electron chi connectivity index (χ1n) is 8.49. The van der Waals surface area contributed by atoms with Gasteiger partial charge in [0.1, 0.15) is 11.1 Å². The maximum Gasteiger partial charge on any atom is 0.292 e. The van der Waals surface area contributed by atoms with Crippen LogP contribution in [0.2, 0.25) is 5.02 Å². The lowest BCUT2D eigenvalue weighted by atomic mass is 10.1. The van der Waals surface area contributed by atoms with Crippen LogP contribution in [0.5, 0.6) is 0 Å². The molecule has 3 aromatic rings. The molecule has 1 aliphatic heterocycles. The third-order valence-corrected chi connectivity index (χ3v) is 4.84. The Bertz CT molecular complexity index is 944. The number of hydrogen-bond donors (Lipinski definition) is 0. The number of anilines is 1. The van der Waals surface area contributed by atoms with Gasteiger partial charge in [0, 0.05) is 13.1 Å². The Labute approximate surface area is 156 Å². The lowest BCUT2D eigenvalue weighted by Gasteiger charge is -2.34. The summed E-state index contributed by atoms with van der Waals surface area (Å²) in [5.74, 6) is 0. The molecule has 0 amide bonds. The van der Waals surface area contributed by atoms with Crippen LogP contribution in [0.1, 0.15) is 11.7 Å². The second kappa shape index (κ2) is 7.32. The van der Waals surface area contributed by atoms with Crippen molar-refractivity contribution in [2.45, 2.75) is 6.10 Å². The second-order valence-corrected chi connectivity index (χ2v) is 6.49. The van der Waals surface area contributed by atoms with E-state index < -0.39 is 0 Å². The Morgan fingerprint density at radius 2 is 1.73 bits per heavy atom. The third-order valence-electron chi connectivity index (χ3n) is 4.48. The molecule has 5 nitrogen and oxygen atoms in total. The van der Waals surface area contributed by atoms with E-state index in [2.05, 4.69) is 10.00 Å². The number of nitrogens with zero attached hydrogens (tertiary/aromatic N) is 3. The van der Waals surface area contributed by atoms with Crippen LogP contribution in [0.3, 0.4) is 0 Å². The molecule has 0 radical (unpaired) electrons. The summed E-state index contributed by atoms with van der Waals surface area (Å²) in [6.07, 6.45) is 1.60. The molecule has 0 N–H and O–H groups in total. The normalized spacial score (nSPS) is 17.3. The van der Waals surface area contributed by atoms with Gasteiger partial charge in [0.25, 0.3) is 5.56 Å². The number of para-hydroxylation sites is 1. The van der Waals surface area contributed by atoms with Crippen molar-refractivity contribution in [3.8, 4) is 5.69 Å². The summed E-state index contributed by atoms with van der Waals surface area (Å²) in [6.45, 7) is 1.86. The van der Waals surface area contributed by atoms with E-state index in [9.17, 15) is 4.79 Å². The highest BCUT2D eigenvalue weighted by Crippen LogP contribution is 2.28. The average molecular weight is 368 g/mol. The second-order valence-electron chi connectivity index (χ2n) is 6.11. The van der Waals surface area contributed by atoms with E-state index in [1.807, 2.05) is 60.7 Å². The lowest BCUT2D eigenvalue weighted by Crippen LogP contribution is -2.39. The van der Waals surface area contributed by atoms with Gasteiger partial charge in [0.15, 0.2) is 0 Å². The van der Waals surface area contributed by atoms with E-state index in [1.165, 1.54) is 4.68 Å².